The lowest BCUT2D eigenvalue weighted by atomic mass is 10.1. The van der Waals surface area contributed by atoms with E-state index in [9.17, 15) is 4.79 Å². The van der Waals surface area contributed by atoms with Gasteiger partial charge in [-0.05, 0) is 48.5 Å². The lowest BCUT2D eigenvalue weighted by Gasteiger charge is -2.08. The molecule has 0 atom stereocenters. The molecule has 0 fully saturated rings. The van der Waals surface area contributed by atoms with Crippen LogP contribution in [-0.2, 0) is 6.54 Å². The number of hydrogen-bond donors (Lipinski definition) is 1. The number of carbonyl (C=O) groups is 1. The van der Waals surface area contributed by atoms with Crippen molar-refractivity contribution in [3.8, 4) is 22.8 Å². The van der Waals surface area contributed by atoms with Crippen LogP contribution in [0.2, 0.25) is 0 Å². The van der Waals surface area contributed by atoms with E-state index in [1.54, 1.807) is 36.0 Å². The Kier molecular flexibility index (Phi) is 4.99. The molecule has 0 spiro atoms. The number of thioether (sulfide) groups is 1. The van der Waals surface area contributed by atoms with Gasteiger partial charge in [0.1, 0.15) is 11.5 Å². The van der Waals surface area contributed by atoms with E-state index in [-0.39, 0.29) is 5.91 Å². The van der Waals surface area contributed by atoms with Crippen LogP contribution in [-0.4, -0.2) is 21.2 Å². The third kappa shape index (κ3) is 3.95. The Morgan fingerprint density at radius 3 is 2.40 bits per heavy atom. The van der Waals surface area contributed by atoms with Crippen molar-refractivity contribution < 1.29 is 9.53 Å². The molecule has 4 aromatic rings. The molecular weight excluding hydrogens is 394 g/mol. The number of rotatable bonds is 5. The highest BCUT2D eigenvalue weighted by atomic mass is 32.2. The third-order valence-electron chi connectivity index (χ3n) is 4.84. The molecule has 30 heavy (non-hydrogen) atoms. The van der Waals surface area contributed by atoms with E-state index in [4.69, 9.17) is 4.74 Å². The van der Waals surface area contributed by atoms with E-state index in [1.807, 2.05) is 54.6 Å². The van der Waals surface area contributed by atoms with E-state index in [1.165, 1.54) is 0 Å². The lowest BCUT2D eigenvalue weighted by molar-refractivity contribution is 0.102. The average molecular weight is 414 g/mol. The molecule has 0 saturated carbocycles. The number of benzene rings is 3. The summed E-state index contributed by atoms with van der Waals surface area (Å²) in [7, 11) is 0. The number of anilines is 1. The number of aromatic nitrogens is 2. The van der Waals surface area contributed by atoms with E-state index in [2.05, 4.69) is 21.1 Å². The number of fused-ring (bicyclic) bond motifs is 1. The zero-order valence-corrected chi connectivity index (χ0v) is 16.9. The highest BCUT2D eigenvalue weighted by Crippen LogP contribution is 2.29. The molecule has 0 radical (unpaired) electrons. The lowest BCUT2D eigenvalue weighted by Crippen LogP contribution is -2.11. The molecule has 2 heterocycles. The predicted octanol–water partition coefficient (Wildman–Crippen LogP) is 5.70. The van der Waals surface area contributed by atoms with Crippen LogP contribution in [0.5, 0.6) is 11.5 Å². The number of hydrogen-bond acceptors (Lipinski definition) is 4. The predicted molar refractivity (Wildman–Crippen MR) is 119 cm³/mol. The summed E-state index contributed by atoms with van der Waals surface area (Å²) in [6.45, 7) is 1.01. The van der Waals surface area contributed by atoms with E-state index in [0.717, 1.165) is 40.1 Å². The third-order valence-corrected chi connectivity index (χ3v) is 5.81. The largest absolute Gasteiger partial charge is 0.457 e. The molecular formula is C24H19N3O2S. The summed E-state index contributed by atoms with van der Waals surface area (Å²) in [6.07, 6.45) is 2.09. The van der Waals surface area contributed by atoms with Crippen LogP contribution >= 0.6 is 11.8 Å². The molecule has 5 nitrogen and oxygen atoms in total. The van der Waals surface area contributed by atoms with Gasteiger partial charge in [0, 0.05) is 35.3 Å². The van der Waals surface area contributed by atoms with Crippen LogP contribution in [0, 0.1) is 0 Å². The first kappa shape index (κ1) is 18.5. The molecule has 0 bridgehead atoms. The van der Waals surface area contributed by atoms with Gasteiger partial charge in [-0.2, -0.15) is 0 Å². The van der Waals surface area contributed by atoms with Crippen LogP contribution in [0.25, 0.3) is 11.3 Å². The molecule has 0 saturated heterocycles. The minimum atomic E-state index is -0.161. The topological polar surface area (TPSA) is 56.2 Å². The second-order valence-corrected chi connectivity index (χ2v) is 7.98. The summed E-state index contributed by atoms with van der Waals surface area (Å²) in [5.74, 6) is 2.38. The molecule has 0 unspecified atom stereocenters. The molecule has 5 rings (SSSR count). The monoisotopic (exact) mass is 413 g/mol. The van der Waals surface area contributed by atoms with Gasteiger partial charge in [0.2, 0.25) is 0 Å². The molecule has 1 N–H and O–H groups in total. The van der Waals surface area contributed by atoms with Gasteiger partial charge in [0.05, 0.1) is 5.69 Å². The molecule has 6 heteroatoms. The SMILES string of the molecule is O=C(Nc1ccc(-c2cn3c(n2)SCC3)cc1)c1ccc(Oc2ccccc2)cc1. The number of nitrogens with one attached hydrogen (secondary N) is 1. The molecule has 1 amide bonds. The Bertz CT molecular complexity index is 1150. The van der Waals surface area contributed by atoms with Gasteiger partial charge in [-0.1, -0.05) is 42.1 Å². The highest BCUT2D eigenvalue weighted by molar-refractivity contribution is 7.99. The first-order chi connectivity index (χ1) is 14.7. The van der Waals surface area contributed by atoms with Crippen molar-refractivity contribution in [2.75, 3.05) is 11.1 Å². The maximum absolute atomic E-state index is 12.6. The van der Waals surface area contributed by atoms with Crippen molar-refractivity contribution >= 4 is 23.4 Å². The Balaban J connectivity index is 1.23. The Morgan fingerprint density at radius 1 is 0.933 bits per heavy atom. The van der Waals surface area contributed by atoms with E-state index in [0.29, 0.717) is 11.3 Å². The molecule has 3 aromatic carbocycles. The van der Waals surface area contributed by atoms with Crippen molar-refractivity contribution in [2.24, 2.45) is 0 Å². The molecule has 1 aromatic heterocycles. The van der Waals surface area contributed by atoms with Crippen molar-refractivity contribution in [3.05, 3.63) is 90.6 Å². The molecule has 148 valence electrons. The van der Waals surface area contributed by atoms with Gasteiger partial charge >= 0.3 is 0 Å². The number of imidazole rings is 1. The average Bonchev–Trinajstić information content (AvgIpc) is 3.38. The summed E-state index contributed by atoms with van der Waals surface area (Å²) < 4.78 is 7.95. The summed E-state index contributed by atoms with van der Waals surface area (Å²) in [5.41, 5.74) is 3.32. The minimum Gasteiger partial charge on any atom is -0.457 e. The van der Waals surface area contributed by atoms with Gasteiger partial charge in [0.25, 0.3) is 5.91 Å². The number of amides is 1. The van der Waals surface area contributed by atoms with Gasteiger partial charge in [-0.25, -0.2) is 4.98 Å². The minimum absolute atomic E-state index is 0.161. The van der Waals surface area contributed by atoms with Gasteiger partial charge in [-0.3, -0.25) is 4.79 Å². The van der Waals surface area contributed by atoms with Crippen LogP contribution in [0.15, 0.2) is 90.2 Å². The van der Waals surface area contributed by atoms with Crippen LogP contribution in [0.3, 0.4) is 0 Å². The Morgan fingerprint density at radius 2 is 1.67 bits per heavy atom. The van der Waals surface area contributed by atoms with Crippen molar-refractivity contribution in [3.63, 3.8) is 0 Å². The standard InChI is InChI=1S/C24H19N3O2S/c28-23(18-8-12-21(13-9-18)29-20-4-2-1-3-5-20)25-19-10-6-17(7-11-19)22-16-27-14-15-30-24(27)26-22/h1-13,16H,14-15H2,(H,25,28). The van der Waals surface area contributed by atoms with E-state index >= 15 is 0 Å². The fraction of sp³-hybridized carbons (Fsp3) is 0.0833. The highest BCUT2D eigenvalue weighted by Gasteiger charge is 2.15. The number of aryl methyl sites for hydroxylation is 1. The fourth-order valence-corrected chi connectivity index (χ4v) is 4.22. The Hall–Kier alpha value is -3.51. The van der Waals surface area contributed by atoms with Gasteiger partial charge in [-0.15, -0.1) is 0 Å². The molecule has 0 aliphatic carbocycles. The first-order valence-electron chi connectivity index (χ1n) is 9.69. The zero-order valence-electron chi connectivity index (χ0n) is 16.1. The van der Waals surface area contributed by atoms with E-state index < -0.39 is 0 Å². The number of ether oxygens (including phenoxy) is 1. The second-order valence-electron chi connectivity index (χ2n) is 6.92. The van der Waals surface area contributed by atoms with Crippen LogP contribution in [0.1, 0.15) is 10.4 Å². The smallest absolute Gasteiger partial charge is 0.255 e. The fourth-order valence-electron chi connectivity index (χ4n) is 3.28. The Labute approximate surface area is 178 Å². The van der Waals surface area contributed by atoms with Crippen LogP contribution < -0.4 is 10.1 Å². The quantitative estimate of drug-likeness (QED) is 0.456. The van der Waals surface area contributed by atoms with Crippen molar-refractivity contribution in [2.45, 2.75) is 11.7 Å². The summed E-state index contributed by atoms with van der Waals surface area (Å²) in [5, 5.41) is 4.01. The molecule has 1 aliphatic rings. The van der Waals surface area contributed by atoms with Gasteiger partial charge in [0.15, 0.2) is 5.16 Å². The molecule has 1 aliphatic heterocycles. The van der Waals surface area contributed by atoms with Crippen LogP contribution in [0.4, 0.5) is 5.69 Å². The summed E-state index contributed by atoms with van der Waals surface area (Å²) in [6, 6.07) is 24.4. The second kappa shape index (κ2) is 8.08. The van der Waals surface area contributed by atoms with Crippen molar-refractivity contribution in [1.29, 1.82) is 0 Å². The first-order valence-corrected chi connectivity index (χ1v) is 10.7. The van der Waals surface area contributed by atoms with Gasteiger partial charge < -0.3 is 14.6 Å². The number of carbonyl (C=O) groups excluding carboxylic acids is 1. The normalized spacial score (nSPS) is 12.4. The number of para-hydroxylation sites is 1. The summed E-state index contributed by atoms with van der Waals surface area (Å²) in [4.78, 5) is 17.2. The van der Waals surface area contributed by atoms with Crippen molar-refractivity contribution in [1.82, 2.24) is 9.55 Å². The maximum Gasteiger partial charge on any atom is 0.255 e. The maximum atomic E-state index is 12.6. The number of nitrogens with zero attached hydrogens (tertiary/aromatic N) is 2. The summed E-state index contributed by atoms with van der Waals surface area (Å²) >= 11 is 1.78. The zero-order chi connectivity index (χ0) is 20.3.